The van der Waals surface area contributed by atoms with Crippen LogP contribution in [-0.2, 0) is 27.2 Å². The van der Waals surface area contributed by atoms with Crippen LogP contribution in [0.3, 0.4) is 0 Å². The molecule has 26 heavy (non-hydrogen) atoms. The summed E-state index contributed by atoms with van der Waals surface area (Å²) in [6, 6.07) is 0. The largest absolute Gasteiger partial charge is 0.481 e. The summed E-state index contributed by atoms with van der Waals surface area (Å²) in [6.07, 6.45) is 7.73. The Bertz CT molecular complexity index is 711. The minimum Gasteiger partial charge on any atom is -0.481 e. The van der Waals surface area contributed by atoms with E-state index in [0.29, 0.717) is 23.4 Å². The van der Waals surface area contributed by atoms with Gasteiger partial charge < -0.3 is 15.2 Å². The molecule has 3 rings (SSSR count). The lowest BCUT2D eigenvalue weighted by atomic mass is 9.79. The number of carboxylic acid groups (broad SMARTS) is 1. The number of carboxylic acids is 1. The van der Waals surface area contributed by atoms with Gasteiger partial charge in [0.15, 0.2) is 0 Å². The van der Waals surface area contributed by atoms with Gasteiger partial charge in [-0.15, -0.1) is 11.3 Å². The maximum absolute atomic E-state index is 12.8. The van der Waals surface area contributed by atoms with Gasteiger partial charge in [0.2, 0.25) is 5.91 Å². The number of fused-ring (bicyclic) bond motifs is 1. The molecule has 1 aromatic rings. The Labute approximate surface area is 156 Å². The van der Waals surface area contributed by atoms with Gasteiger partial charge in [-0.2, -0.15) is 0 Å². The van der Waals surface area contributed by atoms with Crippen LogP contribution in [0.1, 0.15) is 65.7 Å². The quantitative estimate of drug-likeness (QED) is 0.615. The highest BCUT2D eigenvalue weighted by Crippen LogP contribution is 2.39. The number of carbonyl (C=O) groups excluding carboxylic acids is 2. The zero-order valence-corrected chi connectivity index (χ0v) is 15.8. The molecule has 2 aliphatic carbocycles. The normalized spacial score (nSPS) is 22.8. The molecule has 1 fully saturated rings. The summed E-state index contributed by atoms with van der Waals surface area (Å²) in [5.41, 5.74) is 1.46. The second kappa shape index (κ2) is 8.20. The maximum atomic E-state index is 12.8. The average molecular weight is 379 g/mol. The van der Waals surface area contributed by atoms with Crippen molar-refractivity contribution in [3.8, 4) is 0 Å². The summed E-state index contributed by atoms with van der Waals surface area (Å²) in [5, 5.41) is 12.8. The Morgan fingerprint density at radius 3 is 2.42 bits per heavy atom. The molecule has 7 heteroatoms. The van der Waals surface area contributed by atoms with E-state index in [1.54, 1.807) is 0 Å². The molecule has 1 amide bonds. The monoisotopic (exact) mass is 379 g/mol. The second-order valence-corrected chi connectivity index (χ2v) is 8.19. The highest BCUT2D eigenvalue weighted by Gasteiger charge is 2.37. The van der Waals surface area contributed by atoms with E-state index in [1.807, 2.05) is 0 Å². The number of amides is 1. The highest BCUT2D eigenvalue weighted by molar-refractivity contribution is 7.17. The van der Waals surface area contributed by atoms with Gasteiger partial charge in [-0.1, -0.05) is 19.3 Å². The van der Waals surface area contributed by atoms with Gasteiger partial charge in [0.1, 0.15) is 5.00 Å². The topological polar surface area (TPSA) is 92.7 Å². The number of ether oxygens (including phenoxy) is 1. The average Bonchev–Trinajstić information content (AvgIpc) is 2.81. The number of esters is 1. The first-order chi connectivity index (χ1) is 12.5. The van der Waals surface area contributed by atoms with Gasteiger partial charge in [0, 0.05) is 4.88 Å². The molecule has 0 aliphatic heterocycles. The zero-order valence-electron chi connectivity index (χ0n) is 15.0. The first-order valence-corrected chi connectivity index (χ1v) is 10.1. The number of hydrogen-bond acceptors (Lipinski definition) is 5. The lowest BCUT2D eigenvalue weighted by Crippen LogP contribution is -2.36. The number of nitrogens with one attached hydrogen (secondary N) is 1. The number of hydrogen-bond donors (Lipinski definition) is 2. The van der Waals surface area contributed by atoms with Crippen LogP contribution in [0.25, 0.3) is 0 Å². The Morgan fingerprint density at radius 1 is 1.04 bits per heavy atom. The zero-order chi connectivity index (χ0) is 18.7. The molecule has 0 unspecified atom stereocenters. The molecule has 1 aromatic heterocycles. The molecule has 1 saturated carbocycles. The van der Waals surface area contributed by atoms with Crippen LogP contribution in [0.5, 0.6) is 0 Å². The van der Waals surface area contributed by atoms with Crippen molar-refractivity contribution < 1.29 is 24.2 Å². The lowest BCUT2D eigenvalue weighted by Gasteiger charge is -2.27. The summed E-state index contributed by atoms with van der Waals surface area (Å²) < 4.78 is 4.95. The van der Waals surface area contributed by atoms with Crippen LogP contribution < -0.4 is 5.32 Å². The highest BCUT2D eigenvalue weighted by atomic mass is 32.1. The molecule has 0 bridgehead atoms. The van der Waals surface area contributed by atoms with Gasteiger partial charge >= 0.3 is 11.9 Å². The molecule has 2 N–H and O–H groups in total. The third kappa shape index (κ3) is 3.77. The van der Waals surface area contributed by atoms with Crippen molar-refractivity contribution in [2.45, 2.75) is 57.8 Å². The van der Waals surface area contributed by atoms with Crippen molar-refractivity contribution in [1.29, 1.82) is 0 Å². The first kappa shape index (κ1) is 18.9. The Balaban J connectivity index is 1.87. The van der Waals surface area contributed by atoms with Gasteiger partial charge in [0.05, 0.1) is 24.5 Å². The molecule has 0 spiro atoms. The van der Waals surface area contributed by atoms with Gasteiger partial charge in [0.25, 0.3) is 0 Å². The molecule has 2 atom stereocenters. The van der Waals surface area contributed by atoms with Crippen molar-refractivity contribution in [2.75, 3.05) is 12.4 Å². The van der Waals surface area contributed by atoms with E-state index in [9.17, 15) is 19.5 Å². The van der Waals surface area contributed by atoms with E-state index in [2.05, 4.69) is 5.32 Å². The molecular formula is C19H25NO5S. The smallest absolute Gasteiger partial charge is 0.341 e. The van der Waals surface area contributed by atoms with E-state index in [4.69, 9.17) is 4.74 Å². The van der Waals surface area contributed by atoms with Crippen LogP contribution in [0.2, 0.25) is 0 Å². The molecule has 1 heterocycles. The van der Waals surface area contributed by atoms with Crippen molar-refractivity contribution >= 4 is 34.2 Å². The number of rotatable bonds is 4. The van der Waals surface area contributed by atoms with Crippen LogP contribution in [0.4, 0.5) is 5.00 Å². The lowest BCUT2D eigenvalue weighted by molar-refractivity contribution is -0.147. The molecule has 0 aromatic carbocycles. The minimum atomic E-state index is -0.917. The van der Waals surface area contributed by atoms with Crippen molar-refractivity contribution in [1.82, 2.24) is 0 Å². The van der Waals surface area contributed by atoms with Gasteiger partial charge in [-0.3, -0.25) is 9.59 Å². The summed E-state index contributed by atoms with van der Waals surface area (Å²) in [4.78, 5) is 37.8. The van der Waals surface area contributed by atoms with Crippen molar-refractivity contribution in [3.05, 3.63) is 16.0 Å². The Kier molecular flexibility index (Phi) is 5.96. The number of methoxy groups -OCH3 is 1. The number of thiophene rings is 1. The Hall–Kier alpha value is -1.89. The van der Waals surface area contributed by atoms with Crippen LogP contribution in [0.15, 0.2) is 0 Å². The molecule has 6 nitrogen and oxygen atoms in total. The molecule has 142 valence electrons. The fourth-order valence-electron chi connectivity index (χ4n) is 4.09. The number of aliphatic carboxylic acids is 1. The standard InChI is InChI=1S/C19H25NO5S/c1-25-19(24)15-13-9-3-2-4-10-14(13)26-17(15)20-16(21)11-7-5-6-8-12(11)18(22)23/h11-12H,2-10H2,1H3,(H,20,21)(H,22,23)/t11-,12+/m1/s1. The van der Waals surface area contributed by atoms with Crippen molar-refractivity contribution in [3.63, 3.8) is 0 Å². The second-order valence-electron chi connectivity index (χ2n) is 7.09. The third-order valence-electron chi connectivity index (χ3n) is 5.47. The fourth-order valence-corrected chi connectivity index (χ4v) is 5.37. The predicted molar refractivity (Wildman–Crippen MR) is 98.6 cm³/mol. The summed E-state index contributed by atoms with van der Waals surface area (Å²) in [6.45, 7) is 0. The molecule has 0 radical (unpaired) electrons. The molecule has 2 aliphatic rings. The number of anilines is 1. The predicted octanol–water partition coefficient (Wildman–Crippen LogP) is 3.63. The van der Waals surface area contributed by atoms with E-state index in [1.165, 1.54) is 18.4 Å². The SMILES string of the molecule is COC(=O)c1c(NC(=O)[C@@H]2CCCC[C@@H]2C(=O)O)sc2c1CCCCC2. The molecule has 0 saturated heterocycles. The van der Waals surface area contributed by atoms with Crippen LogP contribution in [-0.4, -0.2) is 30.1 Å². The number of carbonyl (C=O) groups is 3. The maximum Gasteiger partial charge on any atom is 0.341 e. The van der Waals surface area contributed by atoms with Crippen LogP contribution >= 0.6 is 11.3 Å². The fraction of sp³-hybridized carbons (Fsp3) is 0.632. The minimum absolute atomic E-state index is 0.293. The van der Waals surface area contributed by atoms with Gasteiger partial charge in [-0.25, -0.2) is 4.79 Å². The van der Waals surface area contributed by atoms with Gasteiger partial charge in [-0.05, 0) is 44.1 Å². The summed E-state index contributed by atoms with van der Waals surface area (Å²) in [7, 11) is 1.34. The van der Waals surface area contributed by atoms with Crippen molar-refractivity contribution in [2.24, 2.45) is 11.8 Å². The number of aryl methyl sites for hydroxylation is 1. The molecular weight excluding hydrogens is 354 g/mol. The van der Waals surface area contributed by atoms with E-state index in [0.717, 1.165) is 55.4 Å². The third-order valence-corrected chi connectivity index (χ3v) is 6.67. The van der Waals surface area contributed by atoms with Crippen LogP contribution in [0, 0.1) is 11.8 Å². The Morgan fingerprint density at radius 2 is 1.73 bits per heavy atom. The first-order valence-electron chi connectivity index (χ1n) is 9.29. The van der Waals surface area contributed by atoms with E-state index in [-0.39, 0.29) is 5.91 Å². The summed E-state index contributed by atoms with van der Waals surface area (Å²) >= 11 is 1.44. The van der Waals surface area contributed by atoms with E-state index >= 15 is 0 Å². The summed E-state index contributed by atoms with van der Waals surface area (Å²) in [5.74, 6) is -2.84. The van der Waals surface area contributed by atoms with E-state index < -0.39 is 23.8 Å².